The van der Waals surface area contributed by atoms with Crippen molar-refractivity contribution in [3.8, 4) is 11.1 Å². The molecule has 8 heteroatoms. The first-order chi connectivity index (χ1) is 17.6. The molecule has 0 radical (unpaired) electrons. The monoisotopic (exact) mass is 505 g/mol. The molecule has 1 aliphatic heterocycles. The van der Waals surface area contributed by atoms with E-state index in [4.69, 9.17) is 15.5 Å². The summed E-state index contributed by atoms with van der Waals surface area (Å²) < 4.78 is 32.8. The Hall–Kier alpha value is -3.65. The Bertz CT molecular complexity index is 1420. The number of ether oxygens (including phenoxy) is 1. The summed E-state index contributed by atoms with van der Waals surface area (Å²) >= 11 is 0. The Labute approximate surface area is 214 Å². The van der Waals surface area contributed by atoms with Gasteiger partial charge in [-0.15, -0.1) is 0 Å². The van der Waals surface area contributed by atoms with Crippen molar-refractivity contribution in [1.82, 2.24) is 10.3 Å². The minimum Gasteiger partial charge on any atom is -0.369 e. The van der Waals surface area contributed by atoms with Gasteiger partial charge in [0, 0.05) is 5.56 Å². The second kappa shape index (κ2) is 9.67. The van der Waals surface area contributed by atoms with Crippen LogP contribution < -0.4 is 11.1 Å². The molecule has 6 nitrogen and oxygen atoms in total. The molecule has 2 unspecified atom stereocenters. The molecule has 2 aromatic carbocycles. The molecular weight excluding hydrogens is 476 g/mol. The fraction of sp³-hybridized carbons (Fsp3) is 0.345. The minimum absolute atomic E-state index is 0.156. The number of nitrogens with zero attached hydrogens (tertiary/aromatic N) is 1. The topological polar surface area (TPSA) is 94.3 Å². The molecule has 0 saturated carbocycles. The van der Waals surface area contributed by atoms with E-state index in [-0.39, 0.29) is 30.6 Å². The maximum atomic E-state index is 13.6. The summed E-state index contributed by atoms with van der Waals surface area (Å²) in [6, 6.07) is 9.31. The van der Waals surface area contributed by atoms with Gasteiger partial charge in [0.1, 0.15) is 0 Å². The number of pyridine rings is 1. The number of primary amides is 1. The average Bonchev–Trinajstić information content (AvgIpc) is 3.37. The molecule has 0 fully saturated rings. The van der Waals surface area contributed by atoms with Crippen LogP contribution in [0.1, 0.15) is 88.1 Å². The highest BCUT2D eigenvalue weighted by Crippen LogP contribution is 2.41. The summed E-state index contributed by atoms with van der Waals surface area (Å²) in [5, 5.41) is 2.91. The van der Waals surface area contributed by atoms with E-state index in [1.165, 1.54) is 6.07 Å². The summed E-state index contributed by atoms with van der Waals surface area (Å²) in [6.07, 6.45) is 1.84. The third-order valence-corrected chi connectivity index (χ3v) is 7.02. The molecule has 2 amide bonds. The van der Waals surface area contributed by atoms with Crippen LogP contribution in [0.4, 0.5) is 8.78 Å². The van der Waals surface area contributed by atoms with Crippen molar-refractivity contribution in [2.24, 2.45) is 11.7 Å². The van der Waals surface area contributed by atoms with Crippen LogP contribution in [0.2, 0.25) is 0 Å². The van der Waals surface area contributed by atoms with Crippen LogP contribution in [0, 0.1) is 17.6 Å². The summed E-state index contributed by atoms with van der Waals surface area (Å²) in [5.74, 6) is -2.43. The van der Waals surface area contributed by atoms with Crippen molar-refractivity contribution in [2.75, 3.05) is 0 Å². The molecule has 2 atom stereocenters. The van der Waals surface area contributed by atoms with E-state index in [9.17, 15) is 18.4 Å². The van der Waals surface area contributed by atoms with Gasteiger partial charge in [-0.3, -0.25) is 14.6 Å². The number of rotatable bonds is 7. The molecule has 0 bridgehead atoms. The quantitative estimate of drug-likeness (QED) is 0.454. The van der Waals surface area contributed by atoms with Crippen LogP contribution >= 0.6 is 0 Å². The number of nitrogens with one attached hydrogen (secondary N) is 1. The Balaban J connectivity index is 1.53. The van der Waals surface area contributed by atoms with Crippen molar-refractivity contribution >= 4 is 11.8 Å². The predicted octanol–water partition coefficient (Wildman–Crippen LogP) is 5.33. The highest BCUT2D eigenvalue weighted by atomic mass is 19.2. The van der Waals surface area contributed by atoms with Gasteiger partial charge in [0.05, 0.1) is 41.3 Å². The maximum absolute atomic E-state index is 13.6. The number of carbonyl (C=O) groups excluding carboxylic acids is 2. The van der Waals surface area contributed by atoms with Crippen LogP contribution in [0.5, 0.6) is 0 Å². The van der Waals surface area contributed by atoms with Gasteiger partial charge in [-0.1, -0.05) is 38.1 Å². The molecule has 0 spiro atoms. The van der Waals surface area contributed by atoms with Gasteiger partial charge < -0.3 is 15.8 Å². The summed E-state index contributed by atoms with van der Waals surface area (Å²) in [4.78, 5) is 30.4. The molecule has 3 aromatic rings. The molecule has 1 aliphatic carbocycles. The van der Waals surface area contributed by atoms with E-state index >= 15 is 0 Å². The first-order valence-corrected chi connectivity index (χ1v) is 12.5. The van der Waals surface area contributed by atoms with Gasteiger partial charge >= 0.3 is 0 Å². The molecular formula is C29H29F2N3O3. The number of halogens is 2. The number of aromatic nitrogens is 1. The number of hydrogen-bond donors (Lipinski definition) is 2. The van der Waals surface area contributed by atoms with Crippen LogP contribution in [0.25, 0.3) is 11.1 Å². The summed E-state index contributed by atoms with van der Waals surface area (Å²) in [6.45, 7) is 6.12. The van der Waals surface area contributed by atoms with E-state index < -0.39 is 17.5 Å². The average molecular weight is 506 g/mol. The normalized spacial score (nSPS) is 18.2. The van der Waals surface area contributed by atoms with Gasteiger partial charge in [-0.05, 0) is 66.5 Å². The molecule has 5 rings (SSSR count). The molecule has 2 aliphatic rings. The molecule has 1 aromatic heterocycles. The van der Waals surface area contributed by atoms with Crippen LogP contribution in [0.15, 0.2) is 36.4 Å². The third kappa shape index (κ3) is 4.62. The Kier molecular flexibility index (Phi) is 6.54. The number of benzene rings is 2. The Morgan fingerprint density at radius 3 is 2.65 bits per heavy atom. The number of hydrogen-bond acceptors (Lipinski definition) is 4. The first kappa shape index (κ1) is 25.0. The van der Waals surface area contributed by atoms with Crippen LogP contribution in [0.3, 0.4) is 0 Å². The lowest BCUT2D eigenvalue weighted by atomic mass is 9.88. The highest BCUT2D eigenvalue weighted by molar-refractivity contribution is 6.11. The highest BCUT2D eigenvalue weighted by Gasteiger charge is 2.35. The van der Waals surface area contributed by atoms with Crippen molar-refractivity contribution in [1.29, 1.82) is 0 Å². The van der Waals surface area contributed by atoms with Crippen molar-refractivity contribution in [3.05, 3.63) is 87.2 Å². The van der Waals surface area contributed by atoms with Crippen LogP contribution in [-0.4, -0.2) is 16.8 Å². The summed E-state index contributed by atoms with van der Waals surface area (Å²) in [5.41, 5.74) is 11.7. The smallest absolute Gasteiger partial charge is 0.254 e. The van der Waals surface area contributed by atoms with Gasteiger partial charge in [-0.25, -0.2) is 8.78 Å². The zero-order valence-electron chi connectivity index (χ0n) is 21.0. The molecule has 0 saturated heterocycles. The zero-order chi connectivity index (χ0) is 26.4. The van der Waals surface area contributed by atoms with Gasteiger partial charge in [0.2, 0.25) is 0 Å². The van der Waals surface area contributed by atoms with E-state index in [1.54, 1.807) is 0 Å². The van der Waals surface area contributed by atoms with Gasteiger partial charge in [0.25, 0.3) is 11.8 Å². The fourth-order valence-corrected chi connectivity index (χ4v) is 5.36. The van der Waals surface area contributed by atoms with Gasteiger partial charge in [-0.2, -0.15) is 0 Å². The second-order valence-electron chi connectivity index (χ2n) is 10.2. The largest absolute Gasteiger partial charge is 0.369 e. The zero-order valence-corrected chi connectivity index (χ0v) is 21.0. The predicted molar refractivity (Wildman–Crippen MR) is 135 cm³/mol. The summed E-state index contributed by atoms with van der Waals surface area (Å²) in [7, 11) is 0. The lowest BCUT2D eigenvalue weighted by Gasteiger charge is -2.19. The number of nitrogens with two attached hydrogens (primary N) is 1. The fourth-order valence-electron chi connectivity index (χ4n) is 5.36. The standard InChI is InChI=1S/C29H29F2N3O3/c1-14(2)10-22-25(28(32)35)24(26-27(34-22)15(3)33-29(26)36)18-5-7-19-17(12-18)6-9-23(19)37-13-16-4-8-20(30)21(31)11-16/h4-5,7-8,11-12,14-15,23H,6,9-10,13H2,1-3H3,(H2,32,35)(H,33,36). The van der Waals surface area contributed by atoms with E-state index in [0.29, 0.717) is 40.1 Å². The molecule has 192 valence electrons. The SMILES string of the molecule is CC(C)Cc1nc2c(c(-c3ccc4c(c3)CCC4OCc3ccc(F)c(F)c3)c1C(N)=O)C(=O)NC2C. The van der Waals surface area contributed by atoms with E-state index in [1.807, 2.05) is 39.0 Å². The van der Waals surface area contributed by atoms with E-state index in [0.717, 1.165) is 41.7 Å². The minimum atomic E-state index is -0.900. The third-order valence-electron chi connectivity index (χ3n) is 7.02. The lowest BCUT2D eigenvalue weighted by molar-refractivity contribution is 0.0409. The molecule has 2 heterocycles. The lowest BCUT2D eigenvalue weighted by Crippen LogP contribution is -2.20. The Morgan fingerprint density at radius 2 is 1.95 bits per heavy atom. The molecule has 37 heavy (non-hydrogen) atoms. The first-order valence-electron chi connectivity index (χ1n) is 12.5. The molecule has 3 N–H and O–H groups in total. The second-order valence-corrected chi connectivity index (χ2v) is 10.2. The van der Waals surface area contributed by atoms with Crippen molar-refractivity contribution < 1.29 is 23.1 Å². The van der Waals surface area contributed by atoms with E-state index in [2.05, 4.69) is 5.32 Å². The van der Waals surface area contributed by atoms with Gasteiger partial charge in [0.15, 0.2) is 11.6 Å². The number of carbonyl (C=O) groups is 2. The Morgan fingerprint density at radius 1 is 1.16 bits per heavy atom. The van der Waals surface area contributed by atoms with Crippen molar-refractivity contribution in [3.63, 3.8) is 0 Å². The number of fused-ring (bicyclic) bond motifs is 2. The maximum Gasteiger partial charge on any atom is 0.254 e. The van der Waals surface area contributed by atoms with Crippen LogP contribution in [-0.2, 0) is 24.2 Å². The number of amides is 2. The number of aryl methyl sites for hydroxylation is 1. The van der Waals surface area contributed by atoms with Crippen molar-refractivity contribution in [2.45, 2.75) is 58.8 Å².